The smallest absolute Gasteiger partial charge is 0.216 e. The summed E-state index contributed by atoms with van der Waals surface area (Å²) < 4.78 is 7.02. The Labute approximate surface area is 72.3 Å². The van der Waals surface area contributed by atoms with Gasteiger partial charge in [0.2, 0.25) is 5.88 Å². The molecule has 2 N–H and O–H groups in total. The lowest BCUT2D eigenvalue weighted by Gasteiger charge is -2.05. The minimum atomic E-state index is 0.479. The summed E-state index contributed by atoms with van der Waals surface area (Å²) in [6.45, 7) is 3.46. The minimum absolute atomic E-state index is 0.479. The second kappa shape index (κ2) is 4.11. The Bertz CT molecular complexity index is 244. The van der Waals surface area contributed by atoms with Crippen molar-refractivity contribution in [2.24, 2.45) is 5.73 Å². The van der Waals surface area contributed by atoms with Gasteiger partial charge in [-0.15, -0.1) is 0 Å². The third-order valence-corrected chi connectivity index (χ3v) is 1.71. The van der Waals surface area contributed by atoms with Gasteiger partial charge in [0.25, 0.3) is 0 Å². The lowest BCUT2D eigenvalue weighted by molar-refractivity contribution is 0.355. The standard InChI is InChI=1S/C8H15N3O/c1-3-4-11-8(12-2)7(5-9)6-10-11/h6H,3-5,9H2,1-2H3. The Morgan fingerprint density at radius 3 is 2.92 bits per heavy atom. The second-order valence-electron chi connectivity index (χ2n) is 2.61. The molecule has 0 saturated heterocycles. The highest BCUT2D eigenvalue weighted by Gasteiger charge is 2.07. The number of hydrogen-bond donors (Lipinski definition) is 1. The quantitative estimate of drug-likeness (QED) is 0.724. The molecular weight excluding hydrogens is 154 g/mol. The molecule has 0 fully saturated rings. The fourth-order valence-corrected chi connectivity index (χ4v) is 1.16. The van der Waals surface area contributed by atoms with E-state index in [4.69, 9.17) is 10.5 Å². The fourth-order valence-electron chi connectivity index (χ4n) is 1.16. The van der Waals surface area contributed by atoms with E-state index >= 15 is 0 Å². The van der Waals surface area contributed by atoms with Gasteiger partial charge in [0, 0.05) is 18.7 Å². The van der Waals surface area contributed by atoms with E-state index in [1.807, 2.05) is 4.68 Å². The van der Waals surface area contributed by atoms with Crippen molar-refractivity contribution >= 4 is 0 Å². The number of aryl methyl sites for hydroxylation is 1. The maximum Gasteiger partial charge on any atom is 0.216 e. The van der Waals surface area contributed by atoms with Crippen molar-refractivity contribution in [3.05, 3.63) is 11.8 Å². The van der Waals surface area contributed by atoms with E-state index < -0.39 is 0 Å². The van der Waals surface area contributed by atoms with Gasteiger partial charge in [0.05, 0.1) is 13.3 Å². The van der Waals surface area contributed by atoms with Gasteiger partial charge < -0.3 is 10.5 Å². The van der Waals surface area contributed by atoms with Crippen molar-refractivity contribution in [1.82, 2.24) is 9.78 Å². The average Bonchev–Trinajstić information content (AvgIpc) is 2.47. The van der Waals surface area contributed by atoms with Crippen LogP contribution in [0.15, 0.2) is 6.20 Å². The maximum absolute atomic E-state index is 5.50. The van der Waals surface area contributed by atoms with Gasteiger partial charge in [-0.2, -0.15) is 5.10 Å². The van der Waals surface area contributed by atoms with Crippen LogP contribution in [0.3, 0.4) is 0 Å². The van der Waals surface area contributed by atoms with Gasteiger partial charge in [-0.3, -0.25) is 0 Å². The Kier molecular flexibility index (Phi) is 3.10. The predicted molar refractivity (Wildman–Crippen MR) is 47.0 cm³/mol. The van der Waals surface area contributed by atoms with Crippen molar-refractivity contribution in [3.8, 4) is 5.88 Å². The van der Waals surface area contributed by atoms with E-state index in [0.29, 0.717) is 6.54 Å². The zero-order valence-corrected chi connectivity index (χ0v) is 7.58. The minimum Gasteiger partial charge on any atom is -0.481 e. The van der Waals surface area contributed by atoms with E-state index in [9.17, 15) is 0 Å². The van der Waals surface area contributed by atoms with E-state index in [2.05, 4.69) is 12.0 Å². The van der Waals surface area contributed by atoms with Crippen LogP contribution in [-0.2, 0) is 13.1 Å². The van der Waals surface area contributed by atoms with Gasteiger partial charge >= 0.3 is 0 Å². The number of nitrogens with zero attached hydrogens (tertiary/aromatic N) is 2. The molecule has 4 heteroatoms. The second-order valence-corrected chi connectivity index (χ2v) is 2.61. The number of rotatable bonds is 4. The monoisotopic (exact) mass is 169 g/mol. The summed E-state index contributed by atoms with van der Waals surface area (Å²) >= 11 is 0. The molecule has 1 aromatic heterocycles. The summed E-state index contributed by atoms with van der Waals surface area (Å²) in [4.78, 5) is 0. The molecule has 0 atom stereocenters. The van der Waals surface area contributed by atoms with Crippen LogP contribution < -0.4 is 10.5 Å². The average molecular weight is 169 g/mol. The summed E-state index contributed by atoms with van der Waals surface area (Å²) in [5.74, 6) is 0.791. The molecule has 0 amide bonds. The van der Waals surface area contributed by atoms with Gasteiger partial charge in [-0.25, -0.2) is 4.68 Å². The summed E-state index contributed by atoms with van der Waals surface area (Å²) in [6, 6.07) is 0. The highest BCUT2D eigenvalue weighted by molar-refractivity contribution is 5.23. The molecule has 0 aliphatic rings. The van der Waals surface area contributed by atoms with E-state index in [1.54, 1.807) is 13.3 Å². The van der Waals surface area contributed by atoms with Crippen LogP contribution in [0.5, 0.6) is 5.88 Å². The van der Waals surface area contributed by atoms with Gasteiger partial charge in [-0.05, 0) is 6.42 Å². The number of methoxy groups -OCH3 is 1. The molecule has 1 rings (SSSR count). The highest BCUT2D eigenvalue weighted by atomic mass is 16.5. The Morgan fingerprint density at radius 2 is 2.42 bits per heavy atom. The Hall–Kier alpha value is -1.03. The fraction of sp³-hybridized carbons (Fsp3) is 0.625. The van der Waals surface area contributed by atoms with Crippen LogP contribution in [-0.4, -0.2) is 16.9 Å². The van der Waals surface area contributed by atoms with Crippen LogP contribution >= 0.6 is 0 Å². The van der Waals surface area contributed by atoms with Crippen LogP contribution in [0.2, 0.25) is 0 Å². The zero-order valence-electron chi connectivity index (χ0n) is 7.58. The molecule has 0 bridgehead atoms. The Balaban J connectivity index is 2.88. The highest BCUT2D eigenvalue weighted by Crippen LogP contribution is 2.16. The topological polar surface area (TPSA) is 53.1 Å². The molecule has 0 aliphatic heterocycles. The maximum atomic E-state index is 5.50. The molecule has 1 heterocycles. The number of nitrogens with two attached hydrogens (primary N) is 1. The zero-order chi connectivity index (χ0) is 8.97. The number of ether oxygens (including phenoxy) is 1. The molecular formula is C8H15N3O. The molecule has 12 heavy (non-hydrogen) atoms. The first-order chi connectivity index (χ1) is 5.83. The first-order valence-electron chi connectivity index (χ1n) is 4.12. The number of aromatic nitrogens is 2. The van der Waals surface area contributed by atoms with E-state index in [-0.39, 0.29) is 0 Å². The van der Waals surface area contributed by atoms with Crippen LogP contribution in [0, 0.1) is 0 Å². The molecule has 0 unspecified atom stereocenters. The van der Waals surface area contributed by atoms with Gasteiger partial charge in [-0.1, -0.05) is 6.92 Å². The molecule has 0 aliphatic carbocycles. The Morgan fingerprint density at radius 1 is 1.67 bits per heavy atom. The largest absolute Gasteiger partial charge is 0.481 e. The normalized spacial score (nSPS) is 10.2. The van der Waals surface area contributed by atoms with E-state index in [1.165, 1.54) is 0 Å². The summed E-state index contributed by atoms with van der Waals surface area (Å²) in [5.41, 5.74) is 6.47. The SMILES string of the molecule is CCCn1ncc(CN)c1OC. The predicted octanol–water partition coefficient (Wildman–Crippen LogP) is 0.760. The van der Waals surface area contributed by atoms with E-state index in [0.717, 1.165) is 24.4 Å². The molecule has 0 saturated carbocycles. The van der Waals surface area contributed by atoms with Gasteiger partial charge in [0.1, 0.15) is 0 Å². The molecule has 1 aromatic rings. The third kappa shape index (κ3) is 1.58. The summed E-state index contributed by atoms with van der Waals surface area (Å²) in [6.07, 6.45) is 2.80. The molecule has 68 valence electrons. The van der Waals surface area contributed by atoms with Crippen molar-refractivity contribution in [1.29, 1.82) is 0 Å². The first kappa shape index (κ1) is 9.06. The molecule has 0 aromatic carbocycles. The lowest BCUT2D eigenvalue weighted by atomic mass is 10.3. The third-order valence-electron chi connectivity index (χ3n) is 1.71. The molecule has 4 nitrogen and oxygen atoms in total. The summed E-state index contributed by atoms with van der Waals surface area (Å²) in [5, 5.41) is 4.16. The molecule has 0 radical (unpaired) electrons. The van der Waals surface area contributed by atoms with Crippen LogP contribution in [0.25, 0.3) is 0 Å². The van der Waals surface area contributed by atoms with Crippen molar-refractivity contribution in [2.45, 2.75) is 26.4 Å². The lowest BCUT2D eigenvalue weighted by Crippen LogP contribution is -2.04. The molecule has 0 spiro atoms. The number of hydrogen-bond acceptors (Lipinski definition) is 3. The van der Waals surface area contributed by atoms with Crippen molar-refractivity contribution < 1.29 is 4.74 Å². The summed E-state index contributed by atoms with van der Waals surface area (Å²) in [7, 11) is 1.64. The van der Waals surface area contributed by atoms with Crippen molar-refractivity contribution in [3.63, 3.8) is 0 Å². The van der Waals surface area contributed by atoms with Crippen LogP contribution in [0.1, 0.15) is 18.9 Å². The first-order valence-corrected chi connectivity index (χ1v) is 4.12. The van der Waals surface area contributed by atoms with Crippen LogP contribution in [0.4, 0.5) is 0 Å². The van der Waals surface area contributed by atoms with Gasteiger partial charge in [0.15, 0.2) is 0 Å². The van der Waals surface area contributed by atoms with Crippen molar-refractivity contribution in [2.75, 3.05) is 7.11 Å².